The first-order valence-electron chi connectivity index (χ1n) is 7.94. The summed E-state index contributed by atoms with van der Waals surface area (Å²) in [5.74, 6) is 0.806. The zero-order valence-electron chi connectivity index (χ0n) is 14.5. The lowest BCUT2D eigenvalue weighted by Gasteiger charge is -2.04. The van der Waals surface area contributed by atoms with E-state index in [1.54, 1.807) is 34.9 Å². The molecule has 0 N–H and O–H groups in total. The molecular weight excluding hydrogens is 368 g/mol. The Balaban J connectivity index is 2.08. The molecule has 1 heterocycles. The first kappa shape index (κ1) is 18.3. The lowest BCUT2D eigenvalue weighted by Crippen LogP contribution is -2.18. The van der Waals surface area contributed by atoms with Crippen LogP contribution in [0.3, 0.4) is 0 Å². The Morgan fingerprint density at radius 1 is 1.20 bits per heavy atom. The van der Waals surface area contributed by atoms with Crippen molar-refractivity contribution >= 4 is 51.0 Å². The van der Waals surface area contributed by atoms with Gasteiger partial charge in [0.1, 0.15) is 0 Å². The first-order chi connectivity index (χ1) is 12.1. The Morgan fingerprint density at radius 3 is 2.80 bits per heavy atom. The van der Waals surface area contributed by atoms with Gasteiger partial charge >= 0.3 is 0 Å². The molecule has 0 aliphatic rings. The second kappa shape index (κ2) is 8.25. The molecule has 3 rings (SSSR count). The van der Waals surface area contributed by atoms with E-state index in [4.69, 9.17) is 0 Å². The molecule has 2 aromatic carbocycles. The van der Waals surface area contributed by atoms with E-state index in [1.165, 1.54) is 10.3 Å². The summed E-state index contributed by atoms with van der Waals surface area (Å²) >= 11 is 5.00. The second-order valence-corrected chi connectivity index (χ2v) is 8.52. The number of carbonyl (C=O) groups excluding carboxylic acids is 1. The molecule has 0 atom stereocenters. The fraction of sp³-hybridized carbons (Fsp3) is 0.263. The lowest BCUT2D eigenvalue weighted by molar-refractivity contribution is 0.0997. The van der Waals surface area contributed by atoms with E-state index in [0.29, 0.717) is 5.56 Å². The number of hydrogen-bond acceptors (Lipinski definition) is 4. The van der Waals surface area contributed by atoms with Crippen molar-refractivity contribution < 1.29 is 4.79 Å². The van der Waals surface area contributed by atoms with Gasteiger partial charge in [-0.2, -0.15) is 16.8 Å². The Labute approximate surface area is 160 Å². The quantitative estimate of drug-likeness (QED) is 0.587. The number of thiazole rings is 1. The van der Waals surface area contributed by atoms with Crippen molar-refractivity contribution in [1.82, 2.24) is 4.57 Å². The molecule has 25 heavy (non-hydrogen) atoms. The van der Waals surface area contributed by atoms with Crippen LogP contribution < -0.4 is 4.80 Å². The average molecular weight is 389 g/mol. The van der Waals surface area contributed by atoms with E-state index in [2.05, 4.69) is 40.9 Å². The van der Waals surface area contributed by atoms with Crippen LogP contribution in [0.4, 0.5) is 0 Å². The third-order valence-corrected chi connectivity index (χ3v) is 6.23. The topological polar surface area (TPSA) is 34.4 Å². The number of benzene rings is 2. The first-order valence-corrected chi connectivity index (χ1v) is 11.4. The maximum Gasteiger partial charge on any atom is 0.279 e. The van der Waals surface area contributed by atoms with E-state index in [1.807, 2.05) is 30.5 Å². The summed E-state index contributed by atoms with van der Waals surface area (Å²) in [7, 11) is 0. The van der Waals surface area contributed by atoms with Crippen LogP contribution in [0.2, 0.25) is 0 Å². The Bertz CT molecular complexity index is 972. The Hall–Kier alpha value is -1.50. The van der Waals surface area contributed by atoms with Crippen molar-refractivity contribution in [1.29, 1.82) is 0 Å². The van der Waals surface area contributed by atoms with E-state index in [9.17, 15) is 4.79 Å². The number of amides is 1. The van der Waals surface area contributed by atoms with Gasteiger partial charge in [0.05, 0.1) is 10.2 Å². The van der Waals surface area contributed by atoms with Crippen LogP contribution in [-0.2, 0) is 6.54 Å². The van der Waals surface area contributed by atoms with Crippen molar-refractivity contribution in [3.8, 4) is 0 Å². The van der Waals surface area contributed by atoms with Gasteiger partial charge in [-0.3, -0.25) is 4.79 Å². The Kier molecular flexibility index (Phi) is 6.04. The zero-order chi connectivity index (χ0) is 17.8. The molecule has 0 bridgehead atoms. The van der Waals surface area contributed by atoms with Gasteiger partial charge < -0.3 is 4.57 Å². The predicted octanol–water partition coefficient (Wildman–Crippen LogP) is 4.84. The van der Waals surface area contributed by atoms with Crippen LogP contribution >= 0.6 is 34.9 Å². The molecule has 0 unspecified atom stereocenters. The van der Waals surface area contributed by atoms with Gasteiger partial charge in [0, 0.05) is 22.8 Å². The second-order valence-electron chi connectivity index (χ2n) is 5.65. The molecular formula is C19H20N2OS3. The van der Waals surface area contributed by atoms with Gasteiger partial charge in [0.25, 0.3) is 5.91 Å². The number of hydrogen-bond donors (Lipinski definition) is 0. The van der Waals surface area contributed by atoms with Crippen molar-refractivity contribution in [3.63, 3.8) is 0 Å². The molecule has 1 amide bonds. The largest absolute Gasteiger partial charge is 0.316 e. The number of carbonyl (C=O) groups is 1. The van der Waals surface area contributed by atoms with Gasteiger partial charge in [0.15, 0.2) is 4.80 Å². The summed E-state index contributed by atoms with van der Waals surface area (Å²) in [5.41, 5.74) is 3.00. The van der Waals surface area contributed by atoms with E-state index >= 15 is 0 Å². The monoisotopic (exact) mass is 388 g/mol. The molecule has 3 aromatic rings. The van der Waals surface area contributed by atoms with Crippen LogP contribution in [-0.4, -0.2) is 28.7 Å². The van der Waals surface area contributed by atoms with Crippen molar-refractivity contribution in [2.45, 2.75) is 18.4 Å². The van der Waals surface area contributed by atoms with Crippen LogP contribution in [0.1, 0.15) is 15.9 Å². The van der Waals surface area contributed by atoms with Crippen LogP contribution in [0, 0.1) is 6.92 Å². The molecule has 1 aromatic heterocycles. The molecule has 0 saturated heterocycles. The number of nitrogens with zero attached hydrogens (tertiary/aromatic N) is 2. The summed E-state index contributed by atoms with van der Waals surface area (Å²) in [6, 6.07) is 14.0. The summed E-state index contributed by atoms with van der Waals surface area (Å²) < 4.78 is 3.33. The molecule has 6 heteroatoms. The van der Waals surface area contributed by atoms with Crippen molar-refractivity contribution in [2.75, 3.05) is 18.3 Å². The van der Waals surface area contributed by atoms with Gasteiger partial charge in [-0.15, -0.1) is 11.8 Å². The predicted molar refractivity (Wildman–Crippen MR) is 111 cm³/mol. The van der Waals surface area contributed by atoms with Crippen LogP contribution in [0.25, 0.3) is 10.2 Å². The standard InChI is InChI=1S/C19H20N2OS3/c1-13-7-8-16-17(11-13)25-19(21(16)9-10-23-2)20-18(22)14-5-4-6-15(12-14)24-3/h4-8,11-12H,9-10H2,1-3H3. The van der Waals surface area contributed by atoms with Gasteiger partial charge in [-0.1, -0.05) is 23.5 Å². The number of thioether (sulfide) groups is 2. The van der Waals surface area contributed by atoms with Crippen molar-refractivity contribution in [2.24, 2.45) is 4.99 Å². The normalized spacial score (nSPS) is 12.0. The minimum atomic E-state index is -0.183. The summed E-state index contributed by atoms with van der Waals surface area (Å²) in [6.45, 7) is 2.93. The highest BCUT2D eigenvalue weighted by Crippen LogP contribution is 2.20. The van der Waals surface area contributed by atoms with Gasteiger partial charge in [-0.25, -0.2) is 0 Å². The van der Waals surface area contributed by atoms with Gasteiger partial charge in [0.2, 0.25) is 0 Å². The highest BCUT2D eigenvalue weighted by Gasteiger charge is 2.10. The summed E-state index contributed by atoms with van der Waals surface area (Å²) in [4.78, 5) is 19.0. The molecule has 0 radical (unpaired) electrons. The SMILES string of the molecule is CSCCn1c(=NC(=O)c2cccc(SC)c2)sc2cc(C)ccc21. The lowest BCUT2D eigenvalue weighted by atomic mass is 10.2. The minimum Gasteiger partial charge on any atom is -0.316 e. The maximum absolute atomic E-state index is 12.7. The minimum absolute atomic E-state index is 0.183. The number of fused-ring (bicyclic) bond motifs is 1. The molecule has 130 valence electrons. The molecule has 0 saturated carbocycles. The van der Waals surface area contributed by atoms with E-state index in [0.717, 1.165) is 27.5 Å². The fourth-order valence-electron chi connectivity index (χ4n) is 2.57. The van der Waals surface area contributed by atoms with Gasteiger partial charge in [-0.05, 0) is 55.3 Å². The summed E-state index contributed by atoms with van der Waals surface area (Å²) in [5, 5.41) is 0. The van der Waals surface area contributed by atoms with Crippen LogP contribution in [0.5, 0.6) is 0 Å². The third kappa shape index (κ3) is 4.19. The fourth-order valence-corrected chi connectivity index (χ4v) is 4.55. The number of rotatable bonds is 5. The number of aromatic nitrogens is 1. The molecule has 0 spiro atoms. The van der Waals surface area contributed by atoms with Crippen LogP contribution in [0.15, 0.2) is 52.4 Å². The third-order valence-electron chi connectivity index (χ3n) is 3.87. The maximum atomic E-state index is 12.7. The highest BCUT2D eigenvalue weighted by molar-refractivity contribution is 7.98. The Morgan fingerprint density at radius 2 is 2.04 bits per heavy atom. The number of aryl methyl sites for hydroxylation is 2. The smallest absolute Gasteiger partial charge is 0.279 e. The molecule has 3 nitrogen and oxygen atoms in total. The molecule has 0 aliphatic carbocycles. The summed E-state index contributed by atoms with van der Waals surface area (Å²) in [6.07, 6.45) is 4.10. The van der Waals surface area contributed by atoms with Crippen molar-refractivity contribution in [3.05, 3.63) is 58.4 Å². The zero-order valence-corrected chi connectivity index (χ0v) is 16.9. The molecule has 0 fully saturated rings. The molecule has 0 aliphatic heterocycles. The van der Waals surface area contributed by atoms with E-state index < -0.39 is 0 Å². The average Bonchev–Trinajstić information content (AvgIpc) is 2.95. The van der Waals surface area contributed by atoms with E-state index in [-0.39, 0.29) is 5.91 Å². The highest BCUT2D eigenvalue weighted by atomic mass is 32.2.